The van der Waals surface area contributed by atoms with E-state index in [0.717, 1.165) is 28.3 Å². The molecule has 7 nitrogen and oxygen atoms in total. The van der Waals surface area contributed by atoms with Crippen molar-refractivity contribution in [1.82, 2.24) is 10.3 Å². The van der Waals surface area contributed by atoms with Gasteiger partial charge in [-0.05, 0) is 35.5 Å². The first-order chi connectivity index (χ1) is 13.1. The highest BCUT2D eigenvalue weighted by Gasteiger charge is 2.25. The summed E-state index contributed by atoms with van der Waals surface area (Å²) in [5, 5.41) is 2.61. The molecule has 0 unspecified atom stereocenters. The number of hydrogen-bond acceptors (Lipinski definition) is 7. The summed E-state index contributed by atoms with van der Waals surface area (Å²) in [5.41, 5.74) is 2.25. The van der Waals surface area contributed by atoms with Crippen LogP contribution in [0.5, 0.6) is 11.5 Å². The van der Waals surface area contributed by atoms with E-state index >= 15 is 0 Å². The molecule has 1 fully saturated rings. The number of carbonyl (C=O) groups excluding carboxylic acids is 2. The van der Waals surface area contributed by atoms with Gasteiger partial charge in [0.25, 0.3) is 11.1 Å². The molecule has 1 N–H and O–H groups in total. The zero-order valence-corrected chi connectivity index (χ0v) is 15.3. The molecule has 0 radical (unpaired) electrons. The number of furan rings is 1. The first-order valence-corrected chi connectivity index (χ1v) is 8.75. The second kappa shape index (κ2) is 6.81. The van der Waals surface area contributed by atoms with Crippen LogP contribution in [0.15, 0.2) is 46.0 Å². The van der Waals surface area contributed by atoms with E-state index in [1.54, 1.807) is 38.8 Å². The Labute approximate surface area is 158 Å². The second-order valence-corrected chi connectivity index (χ2v) is 6.69. The number of nitrogens with zero attached hydrogens (tertiary/aromatic N) is 1. The van der Waals surface area contributed by atoms with Crippen molar-refractivity contribution >= 4 is 40.0 Å². The minimum Gasteiger partial charge on any atom is -0.493 e. The van der Waals surface area contributed by atoms with Crippen LogP contribution in [-0.4, -0.2) is 30.3 Å². The molecule has 2 amide bonds. The molecule has 3 heterocycles. The van der Waals surface area contributed by atoms with Gasteiger partial charge in [0.2, 0.25) is 0 Å². The highest BCUT2D eigenvalue weighted by molar-refractivity contribution is 8.18. The Morgan fingerprint density at radius 2 is 1.93 bits per heavy atom. The number of imide groups is 1. The predicted molar refractivity (Wildman–Crippen MR) is 102 cm³/mol. The molecule has 8 heteroatoms. The monoisotopic (exact) mass is 382 g/mol. The van der Waals surface area contributed by atoms with Gasteiger partial charge in [0, 0.05) is 29.4 Å². The predicted octanol–water partition coefficient (Wildman–Crippen LogP) is 3.84. The van der Waals surface area contributed by atoms with E-state index in [1.807, 2.05) is 18.2 Å². The van der Waals surface area contributed by atoms with Crippen LogP contribution in [0.4, 0.5) is 4.79 Å². The Morgan fingerprint density at radius 3 is 2.63 bits per heavy atom. The number of nitrogens with one attached hydrogen (secondary N) is 1. The first kappa shape index (κ1) is 17.2. The Hall–Kier alpha value is -3.26. The molecule has 2 aromatic heterocycles. The van der Waals surface area contributed by atoms with Crippen molar-refractivity contribution in [2.45, 2.75) is 0 Å². The molecule has 4 rings (SSSR count). The number of aromatic nitrogens is 1. The summed E-state index contributed by atoms with van der Waals surface area (Å²) in [6.45, 7) is 0. The van der Waals surface area contributed by atoms with Gasteiger partial charge in [-0.15, -0.1) is 0 Å². The van der Waals surface area contributed by atoms with E-state index in [9.17, 15) is 9.59 Å². The van der Waals surface area contributed by atoms with Crippen LogP contribution < -0.4 is 14.8 Å². The molecular weight excluding hydrogens is 368 g/mol. The van der Waals surface area contributed by atoms with Crippen molar-refractivity contribution in [1.29, 1.82) is 0 Å². The molecule has 0 atom stereocenters. The Bertz CT molecular complexity index is 1100. The quantitative estimate of drug-likeness (QED) is 0.686. The van der Waals surface area contributed by atoms with Crippen LogP contribution in [0.2, 0.25) is 0 Å². The van der Waals surface area contributed by atoms with Crippen LogP contribution >= 0.6 is 11.8 Å². The molecule has 27 heavy (non-hydrogen) atoms. The van der Waals surface area contributed by atoms with E-state index in [4.69, 9.17) is 13.9 Å². The number of rotatable bonds is 4. The third-order valence-corrected chi connectivity index (χ3v) is 4.86. The molecule has 0 spiro atoms. The third-order valence-electron chi connectivity index (χ3n) is 4.05. The van der Waals surface area contributed by atoms with Gasteiger partial charge >= 0.3 is 0 Å². The molecule has 0 bridgehead atoms. The van der Waals surface area contributed by atoms with Gasteiger partial charge in [0.05, 0.1) is 19.1 Å². The van der Waals surface area contributed by atoms with E-state index < -0.39 is 11.1 Å². The number of pyridine rings is 1. The van der Waals surface area contributed by atoms with Crippen molar-refractivity contribution in [2.75, 3.05) is 14.2 Å². The zero-order chi connectivity index (χ0) is 19.0. The van der Waals surface area contributed by atoms with Crippen LogP contribution in [0, 0.1) is 0 Å². The van der Waals surface area contributed by atoms with E-state index in [1.165, 1.54) is 0 Å². The number of benzene rings is 1. The lowest BCUT2D eigenvalue weighted by atomic mass is 10.1. The number of methoxy groups -OCH3 is 2. The summed E-state index contributed by atoms with van der Waals surface area (Å²) in [4.78, 5) is 27.6. The minimum atomic E-state index is -0.427. The van der Waals surface area contributed by atoms with Crippen LogP contribution in [-0.2, 0) is 4.79 Å². The van der Waals surface area contributed by atoms with Crippen LogP contribution in [0.3, 0.4) is 0 Å². The number of ether oxygens (including phenoxy) is 2. The Balaban J connectivity index is 1.79. The minimum absolute atomic E-state index is 0.291. The molecule has 1 aliphatic heterocycles. The molecule has 0 saturated carbocycles. The zero-order valence-electron chi connectivity index (χ0n) is 14.4. The molecule has 3 aromatic rings. The smallest absolute Gasteiger partial charge is 0.290 e. The molecular formula is C19H14N2O5S. The number of amides is 2. The molecule has 1 aromatic carbocycles. The number of carbonyl (C=O) groups is 2. The lowest BCUT2D eigenvalue weighted by Gasteiger charge is -2.09. The van der Waals surface area contributed by atoms with Gasteiger partial charge in [-0.25, -0.2) is 0 Å². The molecule has 1 saturated heterocycles. The van der Waals surface area contributed by atoms with Gasteiger partial charge in [-0.1, -0.05) is 6.07 Å². The average molecular weight is 382 g/mol. The molecule has 1 aliphatic rings. The fourth-order valence-corrected chi connectivity index (χ4v) is 3.48. The van der Waals surface area contributed by atoms with Gasteiger partial charge in [0.15, 0.2) is 11.5 Å². The number of thioether (sulfide) groups is 1. The van der Waals surface area contributed by atoms with Gasteiger partial charge in [-0.3, -0.25) is 19.9 Å². The first-order valence-electron chi connectivity index (χ1n) is 7.94. The summed E-state index contributed by atoms with van der Waals surface area (Å²) in [7, 11) is 3.15. The summed E-state index contributed by atoms with van der Waals surface area (Å²) in [6.07, 6.45) is 4.92. The Morgan fingerprint density at radius 1 is 1.11 bits per heavy atom. The maximum absolute atomic E-state index is 11.7. The number of fused-ring (bicyclic) bond motifs is 1. The largest absolute Gasteiger partial charge is 0.493 e. The lowest BCUT2D eigenvalue weighted by Crippen LogP contribution is -2.17. The van der Waals surface area contributed by atoms with Crippen LogP contribution in [0.1, 0.15) is 5.76 Å². The summed E-state index contributed by atoms with van der Waals surface area (Å²) < 4.78 is 16.6. The maximum Gasteiger partial charge on any atom is 0.290 e. The van der Waals surface area contributed by atoms with E-state index in [2.05, 4.69) is 10.3 Å². The normalized spacial score (nSPS) is 15.4. The van der Waals surface area contributed by atoms with Crippen molar-refractivity contribution in [3.63, 3.8) is 0 Å². The van der Waals surface area contributed by atoms with Crippen molar-refractivity contribution in [2.24, 2.45) is 0 Å². The Kier molecular flexibility index (Phi) is 4.33. The van der Waals surface area contributed by atoms with E-state index in [0.29, 0.717) is 27.7 Å². The summed E-state index contributed by atoms with van der Waals surface area (Å²) in [5.74, 6) is 1.26. The topological polar surface area (TPSA) is 90.7 Å². The fraction of sp³-hybridized carbons (Fsp3) is 0.105. The van der Waals surface area contributed by atoms with Gasteiger partial charge in [0.1, 0.15) is 11.3 Å². The third kappa shape index (κ3) is 3.15. The van der Waals surface area contributed by atoms with Gasteiger partial charge in [-0.2, -0.15) is 0 Å². The highest BCUT2D eigenvalue weighted by Crippen LogP contribution is 2.36. The maximum atomic E-state index is 11.7. The standard InChI is InChI=1S/C19H14N2O5S/c1-24-14-4-3-10(6-15(14)25-2)13-9-20-8-11-5-12(26-17(11)13)7-16-18(22)21-19(23)27-16/h3-9H,1-2H3,(H,21,22,23)/b16-7-. The van der Waals surface area contributed by atoms with Gasteiger partial charge < -0.3 is 13.9 Å². The van der Waals surface area contributed by atoms with E-state index in [-0.39, 0.29) is 0 Å². The average Bonchev–Trinajstić information content (AvgIpc) is 3.22. The van der Waals surface area contributed by atoms with Crippen molar-refractivity contribution in [3.8, 4) is 22.6 Å². The number of hydrogen-bond donors (Lipinski definition) is 1. The van der Waals surface area contributed by atoms with Crippen molar-refractivity contribution in [3.05, 3.63) is 47.3 Å². The SMILES string of the molecule is COc1ccc(-c2cncc3cc(/C=C4\SC(=O)NC4=O)oc23)cc1OC. The van der Waals surface area contributed by atoms with Crippen molar-refractivity contribution < 1.29 is 23.5 Å². The fourth-order valence-electron chi connectivity index (χ4n) is 2.81. The molecule has 0 aliphatic carbocycles. The molecule has 136 valence electrons. The summed E-state index contributed by atoms with van der Waals surface area (Å²) in [6, 6.07) is 7.31. The van der Waals surface area contributed by atoms with Crippen LogP contribution in [0.25, 0.3) is 28.2 Å². The second-order valence-electron chi connectivity index (χ2n) is 5.68. The lowest BCUT2D eigenvalue weighted by molar-refractivity contribution is -0.115. The highest BCUT2D eigenvalue weighted by atomic mass is 32.2. The summed E-state index contributed by atoms with van der Waals surface area (Å²) >= 11 is 0.843.